The van der Waals surface area contributed by atoms with E-state index in [2.05, 4.69) is 16.7 Å². The zero-order valence-corrected chi connectivity index (χ0v) is 18.5. The number of quaternary nitrogens is 1. The van der Waals surface area contributed by atoms with Crippen LogP contribution in [0.15, 0.2) is 18.2 Å². The summed E-state index contributed by atoms with van der Waals surface area (Å²) in [5.74, 6) is 2.69. The van der Waals surface area contributed by atoms with Gasteiger partial charge in [-0.25, -0.2) is 9.97 Å². The number of nitrogens with zero attached hydrogens (tertiary/aromatic N) is 4. The van der Waals surface area contributed by atoms with Gasteiger partial charge in [0.25, 0.3) is 0 Å². The van der Waals surface area contributed by atoms with Crippen molar-refractivity contribution < 1.29 is 9.69 Å². The van der Waals surface area contributed by atoms with E-state index in [1.165, 1.54) is 25.7 Å². The summed E-state index contributed by atoms with van der Waals surface area (Å²) in [4.78, 5) is 28.7. The topological polar surface area (TPSA) is 53.8 Å². The predicted molar refractivity (Wildman–Crippen MR) is 119 cm³/mol. The minimum absolute atomic E-state index is 0.277. The maximum absolute atomic E-state index is 12.9. The molecule has 1 N–H and O–H groups in total. The van der Waals surface area contributed by atoms with Gasteiger partial charge in [-0.2, -0.15) is 0 Å². The smallest absolute Gasteiger partial charge is 0.224 e. The van der Waals surface area contributed by atoms with Crippen molar-refractivity contribution in [3.8, 4) is 0 Å². The molecular weight excluding hydrogens is 398 g/mol. The van der Waals surface area contributed by atoms with Gasteiger partial charge in [-0.1, -0.05) is 11.6 Å². The Balaban J connectivity index is 1.36. The van der Waals surface area contributed by atoms with Crippen LogP contribution >= 0.6 is 11.6 Å². The van der Waals surface area contributed by atoms with Crippen molar-refractivity contribution in [1.29, 1.82) is 0 Å². The van der Waals surface area contributed by atoms with Crippen LogP contribution < -0.4 is 9.80 Å². The third kappa shape index (κ3) is 4.26. The molecule has 2 aliphatic carbocycles. The Bertz CT molecular complexity index is 935. The van der Waals surface area contributed by atoms with Gasteiger partial charge in [-0.15, -0.1) is 0 Å². The fourth-order valence-electron chi connectivity index (χ4n) is 4.49. The number of carbonyl (C=O) groups is 1. The van der Waals surface area contributed by atoms with Crippen molar-refractivity contribution in [1.82, 2.24) is 14.9 Å². The quantitative estimate of drug-likeness (QED) is 0.735. The number of anilines is 1. The highest BCUT2D eigenvalue weighted by Gasteiger charge is 2.34. The van der Waals surface area contributed by atoms with E-state index in [4.69, 9.17) is 21.6 Å². The summed E-state index contributed by atoms with van der Waals surface area (Å²) in [5.41, 5.74) is 0.921. The van der Waals surface area contributed by atoms with Gasteiger partial charge >= 0.3 is 0 Å². The van der Waals surface area contributed by atoms with Crippen molar-refractivity contribution in [2.75, 3.05) is 44.2 Å². The zero-order chi connectivity index (χ0) is 20.7. The van der Waals surface area contributed by atoms with Crippen LogP contribution in [0, 0.1) is 0 Å². The Morgan fingerprint density at radius 1 is 1.20 bits per heavy atom. The maximum atomic E-state index is 12.9. The van der Waals surface area contributed by atoms with Crippen LogP contribution in [0.5, 0.6) is 0 Å². The van der Waals surface area contributed by atoms with Gasteiger partial charge < -0.3 is 14.7 Å². The first-order valence-electron chi connectivity index (χ1n) is 11.5. The molecule has 0 radical (unpaired) electrons. The van der Waals surface area contributed by atoms with E-state index in [1.807, 2.05) is 18.2 Å². The standard InChI is InChI=1S/C23H30ClN5O/c1-2-27-11-13-28(14-12-27)21(30)9-10-29(18-6-7-18)23-19-8-5-17(24)15-20(19)25-22(26-23)16-3-4-16/h5,8,15-16,18H,2-4,6-7,9-14H2,1H3/p+1. The van der Waals surface area contributed by atoms with Gasteiger partial charge in [0.15, 0.2) is 0 Å². The Kier molecular flexibility index (Phi) is 5.54. The first-order valence-corrected chi connectivity index (χ1v) is 11.9. The summed E-state index contributed by atoms with van der Waals surface area (Å²) in [6, 6.07) is 6.38. The van der Waals surface area contributed by atoms with Crippen LogP contribution in [0.1, 0.15) is 50.8 Å². The molecule has 30 heavy (non-hydrogen) atoms. The number of piperazine rings is 1. The lowest BCUT2D eigenvalue weighted by Crippen LogP contribution is -3.14. The minimum Gasteiger partial charge on any atom is -0.352 e. The summed E-state index contributed by atoms with van der Waals surface area (Å²) in [7, 11) is 0. The Hall–Kier alpha value is -1.92. The normalized spacial score (nSPS) is 20.0. The molecule has 0 bridgehead atoms. The van der Waals surface area contributed by atoms with Gasteiger partial charge in [0.05, 0.1) is 38.2 Å². The second kappa shape index (κ2) is 8.31. The predicted octanol–water partition coefficient (Wildman–Crippen LogP) is 2.27. The molecule has 1 aromatic carbocycles. The number of rotatable bonds is 7. The van der Waals surface area contributed by atoms with Crippen LogP contribution in [0.25, 0.3) is 10.9 Å². The second-order valence-corrected chi connectivity index (χ2v) is 9.44. The Morgan fingerprint density at radius 3 is 2.63 bits per heavy atom. The largest absolute Gasteiger partial charge is 0.352 e. The summed E-state index contributed by atoms with van der Waals surface area (Å²) < 4.78 is 0. The molecule has 2 saturated carbocycles. The van der Waals surface area contributed by atoms with E-state index in [0.29, 0.717) is 23.4 Å². The number of halogens is 1. The molecule has 7 heteroatoms. The number of amides is 1. The highest BCUT2D eigenvalue weighted by molar-refractivity contribution is 6.31. The molecule has 0 atom stereocenters. The molecule has 3 fully saturated rings. The van der Waals surface area contributed by atoms with Crippen molar-refractivity contribution in [3.63, 3.8) is 0 Å². The third-order valence-electron chi connectivity index (χ3n) is 6.75. The fraction of sp³-hybridized carbons (Fsp3) is 0.609. The van der Waals surface area contributed by atoms with Gasteiger partial charge in [-0.3, -0.25) is 4.79 Å². The molecular formula is C23H31ClN5O+. The van der Waals surface area contributed by atoms with Crippen LogP contribution in [0.2, 0.25) is 5.02 Å². The van der Waals surface area contributed by atoms with Crippen LogP contribution in [-0.2, 0) is 4.79 Å². The van der Waals surface area contributed by atoms with E-state index in [0.717, 1.165) is 61.8 Å². The molecule has 1 aliphatic heterocycles. The molecule has 5 rings (SSSR count). The van der Waals surface area contributed by atoms with E-state index < -0.39 is 0 Å². The number of likely N-dealkylation sites (N-methyl/N-ethyl adjacent to an activating group) is 1. The molecule has 1 amide bonds. The first-order chi connectivity index (χ1) is 14.6. The number of benzene rings is 1. The zero-order valence-electron chi connectivity index (χ0n) is 17.7. The highest BCUT2D eigenvalue weighted by atomic mass is 35.5. The summed E-state index contributed by atoms with van der Waals surface area (Å²) >= 11 is 6.26. The van der Waals surface area contributed by atoms with E-state index in [1.54, 1.807) is 4.90 Å². The van der Waals surface area contributed by atoms with Gasteiger partial charge in [0.2, 0.25) is 5.91 Å². The van der Waals surface area contributed by atoms with E-state index >= 15 is 0 Å². The number of hydrogen-bond acceptors (Lipinski definition) is 4. The Morgan fingerprint density at radius 2 is 1.97 bits per heavy atom. The molecule has 1 aromatic heterocycles. The van der Waals surface area contributed by atoms with Crippen LogP contribution in [0.3, 0.4) is 0 Å². The lowest BCUT2D eigenvalue weighted by Gasteiger charge is -2.32. The molecule has 160 valence electrons. The number of nitrogens with one attached hydrogen (secondary N) is 1. The summed E-state index contributed by atoms with van der Waals surface area (Å²) in [6.07, 6.45) is 5.23. The van der Waals surface area contributed by atoms with E-state index in [-0.39, 0.29) is 5.91 Å². The van der Waals surface area contributed by atoms with Gasteiger partial charge in [-0.05, 0) is 50.8 Å². The maximum Gasteiger partial charge on any atom is 0.224 e. The molecule has 6 nitrogen and oxygen atoms in total. The fourth-order valence-corrected chi connectivity index (χ4v) is 4.66. The first kappa shape index (κ1) is 20.0. The lowest BCUT2D eigenvalue weighted by atomic mass is 10.2. The lowest BCUT2D eigenvalue weighted by molar-refractivity contribution is -0.902. The number of hydrogen-bond donors (Lipinski definition) is 1. The Labute approximate surface area is 183 Å². The average Bonchev–Trinajstić information content (AvgIpc) is 3.66. The molecule has 0 unspecified atom stereocenters. The van der Waals surface area contributed by atoms with E-state index in [9.17, 15) is 4.79 Å². The summed E-state index contributed by atoms with van der Waals surface area (Å²) in [5, 5.41) is 1.75. The molecule has 3 aliphatic rings. The van der Waals surface area contributed by atoms with Crippen molar-refractivity contribution in [3.05, 3.63) is 29.0 Å². The van der Waals surface area contributed by atoms with Crippen LogP contribution in [0.4, 0.5) is 5.82 Å². The number of fused-ring (bicyclic) bond motifs is 1. The molecule has 2 aromatic rings. The van der Waals surface area contributed by atoms with Crippen molar-refractivity contribution in [2.45, 2.75) is 51.0 Å². The SMILES string of the molecule is CC[NH+]1CCN(C(=O)CCN(c2nc(C3CC3)nc3cc(Cl)ccc23)C2CC2)CC1. The van der Waals surface area contributed by atoms with Crippen molar-refractivity contribution >= 4 is 34.2 Å². The number of aromatic nitrogens is 2. The van der Waals surface area contributed by atoms with Crippen molar-refractivity contribution in [2.24, 2.45) is 0 Å². The summed E-state index contributed by atoms with van der Waals surface area (Å²) in [6.45, 7) is 7.98. The highest BCUT2D eigenvalue weighted by Crippen LogP contribution is 2.41. The second-order valence-electron chi connectivity index (χ2n) is 9.00. The number of carbonyl (C=O) groups excluding carboxylic acids is 1. The monoisotopic (exact) mass is 428 g/mol. The molecule has 2 heterocycles. The third-order valence-corrected chi connectivity index (χ3v) is 6.98. The van der Waals surface area contributed by atoms with Gasteiger partial charge in [0.1, 0.15) is 11.6 Å². The molecule has 1 saturated heterocycles. The van der Waals surface area contributed by atoms with Crippen LogP contribution in [-0.4, -0.2) is 66.1 Å². The average molecular weight is 429 g/mol. The molecule has 0 spiro atoms. The van der Waals surface area contributed by atoms with Gasteiger partial charge in [0, 0.05) is 35.3 Å². The minimum atomic E-state index is 0.277.